The molecule has 1 heterocycles. The smallest absolute Gasteiger partial charge is 0.129 e. The molecule has 0 N–H and O–H groups in total. The molecule has 44 valence electrons. The second-order valence-corrected chi connectivity index (χ2v) is 1.85. The molecule has 3 nitrogen and oxygen atoms in total. The van der Waals surface area contributed by atoms with Crippen LogP contribution in [0.15, 0.2) is 4.99 Å². The van der Waals surface area contributed by atoms with Gasteiger partial charge in [0, 0.05) is 6.54 Å². The fourth-order valence-corrected chi connectivity index (χ4v) is 0.800. The number of aliphatic imine (C=N–C) groups is 1. The summed E-state index contributed by atoms with van der Waals surface area (Å²) < 4.78 is 0. The van der Waals surface area contributed by atoms with Crippen molar-refractivity contribution in [1.82, 2.24) is 0 Å². The lowest BCUT2D eigenvalue weighted by Gasteiger charge is -1.89. The minimum absolute atomic E-state index is 0.227. The first-order valence-electron chi connectivity index (χ1n) is 2.72. The molecule has 0 radical (unpaired) electrons. The van der Waals surface area contributed by atoms with E-state index < -0.39 is 0 Å². The van der Waals surface area contributed by atoms with Gasteiger partial charge in [-0.1, -0.05) is 0 Å². The van der Waals surface area contributed by atoms with E-state index in [-0.39, 0.29) is 5.92 Å². The molecule has 0 aromatic heterocycles. The van der Waals surface area contributed by atoms with Gasteiger partial charge in [-0.2, -0.15) is 10.5 Å². The van der Waals surface area contributed by atoms with Crippen molar-refractivity contribution in [3.63, 3.8) is 0 Å². The Kier molecular flexibility index (Phi) is 1.46. The zero-order chi connectivity index (χ0) is 6.69. The van der Waals surface area contributed by atoms with Crippen LogP contribution in [0.5, 0.6) is 0 Å². The van der Waals surface area contributed by atoms with Crippen LogP contribution < -0.4 is 0 Å². The zero-order valence-corrected chi connectivity index (χ0v) is 4.83. The monoisotopic (exact) mass is 119 g/mol. The lowest BCUT2D eigenvalue weighted by atomic mass is 10.1. The molecule has 0 fully saturated rings. The van der Waals surface area contributed by atoms with Gasteiger partial charge in [-0.15, -0.1) is 0 Å². The highest BCUT2D eigenvalue weighted by Crippen LogP contribution is 2.11. The van der Waals surface area contributed by atoms with Gasteiger partial charge in [-0.3, -0.25) is 4.99 Å². The Morgan fingerprint density at radius 2 is 2.33 bits per heavy atom. The molecule has 1 atom stereocenters. The van der Waals surface area contributed by atoms with E-state index in [9.17, 15) is 0 Å². The summed E-state index contributed by atoms with van der Waals surface area (Å²) in [5.74, 6) is -0.227. The fraction of sp³-hybridized carbons (Fsp3) is 0.500. The van der Waals surface area contributed by atoms with Gasteiger partial charge in [0.25, 0.3) is 0 Å². The Morgan fingerprint density at radius 3 is 2.78 bits per heavy atom. The van der Waals surface area contributed by atoms with Gasteiger partial charge >= 0.3 is 0 Å². The first-order valence-corrected chi connectivity index (χ1v) is 2.72. The first kappa shape index (κ1) is 5.78. The van der Waals surface area contributed by atoms with Crippen molar-refractivity contribution in [2.45, 2.75) is 6.42 Å². The van der Waals surface area contributed by atoms with E-state index in [1.165, 1.54) is 0 Å². The zero-order valence-electron chi connectivity index (χ0n) is 4.83. The number of hydrogen-bond acceptors (Lipinski definition) is 3. The number of nitrogens with zero attached hydrogens (tertiary/aromatic N) is 3. The lowest BCUT2D eigenvalue weighted by molar-refractivity contribution is 0.831. The standard InChI is InChI=1S/C6H5N3/c7-3-5-1-2-9-6(5)4-8/h5H,1-2H2. The quantitative estimate of drug-likeness (QED) is 0.466. The highest BCUT2D eigenvalue weighted by atomic mass is 14.8. The molecule has 1 aliphatic rings. The maximum Gasteiger partial charge on any atom is 0.129 e. The van der Waals surface area contributed by atoms with E-state index >= 15 is 0 Å². The number of rotatable bonds is 0. The van der Waals surface area contributed by atoms with Crippen molar-refractivity contribution in [2.75, 3.05) is 6.54 Å². The summed E-state index contributed by atoms with van der Waals surface area (Å²) in [4.78, 5) is 3.84. The van der Waals surface area contributed by atoms with Crippen LogP contribution in [0.3, 0.4) is 0 Å². The van der Waals surface area contributed by atoms with Crippen LogP contribution in [0.4, 0.5) is 0 Å². The minimum Gasteiger partial charge on any atom is -0.277 e. The molecule has 3 heteroatoms. The second kappa shape index (κ2) is 2.28. The van der Waals surface area contributed by atoms with Crippen LogP contribution >= 0.6 is 0 Å². The van der Waals surface area contributed by atoms with Gasteiger partial charge in [0.05, 0.1) is 12.0 Å². The molecule has 1 unspecified atom stereocenters. The molecule has 1 rings (SSSR count). The Hall–Kier alpha value is -1.35. The van der Waals surface area contributed by atoms with Crippen LogP contribution in [-0.4, -0.2) is 12.3 Å². The SMILES string of the molecule is N#CC1=NCCC1C#N. The van der Waals surface area contributed by atoms with Gasteiger partial charge in [-0.25, -0.2) is 0 Å². The molecule has 0 amide bonds. The average Bonchev–Trinajstić information content (AvgIpc) is 2.33. The molecule has 0 aliphatic carbocycles. The molecular weight excluding hydrogens is 114 g/mol. The summed E-state index contributed by atoms with van der Waals surface area (Å²) in [5, 5.41) is 16.7. The molecule has 0 saturated heterocycles. The molecule has 0 bridgehead atoms. The average molecular weight is 119 g/mol. The van der Waals surface area contributed by atoms with Crippen LogP contribution in [0.2, 0.25) is 0 Å². The molecule has 9 heavy (non-hydrogen) atoms. The van der Waals surface area contributed by atoms with Crippen LogP contribution in [0.25, 0.3) is 0 Å². The van der Waals surface area contributed by atoms with Crippen LogP contribution in [-0.2, 0) is 0 Å². The predicted octanol–water partition coefficient (Wildman–Crippen LogP) is 0.494. The molecule has 0 spiro atoms. The van der Waals surface area contributed by atoms with Crippen LogP contribution in [0, 0.1) is 28.6 Å². The van der Waals surface area contributed by atoms with Gasteiger partial charge in [0.1, 0.15) is 11.8 Å². The van der Waals surface area contributed by atoms with E-state index in [0.29, 0.717) is 12.3 Å². The first-order chi connectivity index (χ1) is 4.38. The summed E-state index contributed by atoms with van der Waals surface area (Å²) in [5.41, 5.74) is 0.400. The van der Waals surface area contributed by atoms with E-state index in [0.717, 1.165) is 6.42 Å². The Morgan fingerprint density at radius 1 is 1.56 bits per heavy atom. The van der Waals surface area contributed by atoms with Gasteiger partial charge in [-0.05, 0) is 6.42 Å². The lowest BCUT2D eigenvalue weighted by Crippen LogP contribution is -2.03. The summed E-state index contributed by atoms with van der Waals surface area (Å²) >= 11 is 0. The molecule has 0 aromatic carbocycles. The molecule has 0 aromatic rings. The molecule has 0 saturated carbocycles. The largest absolute Gasteiger partial charge is 0.277 e. The highest BCUT2D eigenvalue weighted by molar-refractivity contribution is 6.02. The summed E-state index contributed by atoms with van der Waals surface area (Å²) in [7, 11) is 0. The molecular formula is C6H5N3. The highest BCUT2D eigenvalue weighted by Gasteiger charge is 2.19. The maximum absolute atomic E-state index is 8.39. The summed E-state index contributed by atoms with van der Waals surface area (Å²) in [6.45, 7) is 0.640. The van der Waals surface area contributed by atoms with E-state index in [2.05, 4.69) is 4.99 Å². The number of hydrogen-bond donors (Lipinski definition) is 0. The number of nitriles is 2. The van der Waals surface area contributed by atoms with Crippen LogP contribution in [0.1, 0.15) is 6.42 Å². The summed E-state index contributed by atoms with van der Waals surface area (Å²) in [6.07, 6.45) is 0.722. The predicted molar refractivity (Wildman–Crippen MR) is 31.6 cm³/mol. The van der Waals surface area contributed by atoms with Gasteiger partial charge in [0.15, 0.2) is 0 Å². The van der Waals surface area contributed by atoms with Crippen molar-refractivity contribution in [2.24, 2.45) is 10.9 Å². The minimum atomic E-state index is -0.227. The fourth-order valence-electron chi connectivity index (χ4n) is 0.800. The van der Waals surface area contributed by atoms with E-state index in [1.807, 2.05) is 12.1 Å². The van der Waals surface area contributed by atoms with Gasteiger partial charge in [0.2, 0.25) is 0 Å². The van der Waals surface area contributed by atoms with Crippen molar-refractivity contribution in [3.8, 4) is 12.1 Å². The van der Waals surface area contributed by atoms with Crippen molar-refractivity contribution >= 4 is 5.71 Å². The Balaban J connectivity index is 2.74. The third-order valence-electron chi connectivity index (χ3n) is 1.30. The normalized spacial score (nSPS) is 24.2. The molecule has 1 aliphatic heterocycles. The third-order valence-corrected chi connectivity index (χ3v) is 1.30. The van der Waals surface area contributed by atoms with Crippen molar-refractivity contribution < 1.29 is 0 Å². The van der Waals surface area contributed by atoms with Crippen molar-refractivity contribution in [3.05, 3.63) is 0 Å². The van der Waals surface area contributed by atoms with E-state index in [1.54, 1.807) is 0 Å². The van der Waals surface area contributed by atoms with Gasteiger partial charge < -0.3 is 0 Å². The topological polar surface area (TPSA) is 59.9 Å². The van der Waals surface area contributed by atoms with Crippen molar-refractivity contribution in [1.29, 1.82) is 10.5 Å². The van der Waals surface area contributed by atoms with E-state index in [4.69, 9.17) is 10.5 Å². The third kappa shape index (κ3) is 0.899. The Labute approximate surface area is 53.2 Å². The maximum atomic E-state index is 8.39. The summed E-state index contributed by atoms with van der Waals surface area (Å²) in [6, 6.07) is 3.90. The second-order valence-electron chi connectivity index (χ2n) is 1.85. The Bertz CT molecular complexity index is 215.